The van der Waals surface area contributed by atoms with Gasteiger partial charge in [0.1, 0.15) is 5.82 Å². The van der Waals surface area contributed by atoms with Crippen molar-refractivity contribution in [3.63, 3.8) is 0 Å². The number of nitrogens with zero attached hydrogens (tertiary/aromatic N) is 3. The minimum Gasteiger partial charge on any atom is -0.373 e. The Morgan fingerprint density at radius 2 is 1.65 bits per heavy atom. The molecule has 0 aliphatic carbocycles. The van der Waals surface area contributed by atoms with E-state index in [9.17, 15) is 14.0 Å². The average molecular weight is 488 g/mol. The first-order valence-electron chi connectivity index (χ1n) is 11.9. The lowest BCUT2D eigenvalue weighted by atomic mass is 9.97. The number of hydrogen-bond donors (Lipinski definition) is 0. The molecule has 3 fully saturated rings. The summed E-state index contributed by atoms with van der Waals surface area (Å²) in [7, 11) is 0. The van der Waals surface area contributed by atoms with E-state index in [4.69, 9.17) is 4.74 Å². The molecule has 2 unspecified atom stereocenters. The molecule has 3 aliphatic heterocycles. The number of urea groups is 1. The Bertz CT molecular complexity index is 983. The summed E-state index contributed by atoms with van der Waals surface area (Å²) in [5.74, 6) is 0.107. The van der Waals surface area contributed by atoms with E-state index in [1.54, 1.807) is 0 Å². The first-order chi connectivity index (χ1) is 16.1. The van der Waals surface area contributed by atoms with Crippen molar-refractivity contribution in [2.24, 2.45) is 5.92 Å². The first-order valence-corrected chi connectivity index (χ1v) is 11.9. The molecule has 0 aromatic heterocycles. The van der Waals surface area contributed by atoms with Gasteiger partial charge in [0.05, 0.1) is 18.4 Å². The van der Waals surface area contributed by atoms with Crippen molar-refractivity contribution < 1.29 is 18.7 Å². The highest BCUT2D eigenvalue weighted by Crippen LogP contribution is 2.34. The number of hydrogen-bond acceptors (Lipinski definition) is 4. The Morgan fingerprint density at radius 1 is 0.941 bits per heavy atom. The van der Waals surface area contributed by atoms with Gasteiger partial charge in [-0.1, -0.05) is 30.3 Å². The maximum Gasteiger partial charge on any atom is 0.331 e. The maximum atomic E-state index is 13.2. The highest BCUT2D eigenvalue weighted by atomic mass is 35.5. The average Bonchev–Trinajstić information content (AvgIpc) is 3.29. The summed E-state index contributed by atoms with van der Waals surface area (Å²) >= 11 is 0. The van der Waals surface area contributed by atoms with Crippen LogP contribution in [0.3, 0.4) is 0 Å². The van der Waals surface area contributed by atoms with Gasteiger partial charge in [-0.2, -0.15) is 0 Å². The molecule has 5 rings (SSSR count). The molecule has 0 radical (unpaired) electrons. The number of imide groups is 1. The number of likely N-dealkylation sites (tertiary alicyclic amines) is 1. The van der Waals surface area contributed by atoms with E-state index >= 15 is 0 Å². The van der Waals surface area contributed by atoms with Crippen molar-refractivity contribution >= 4 is 30.0 Å². The molecule has 34 heavy (non-hydrogen) atoms. The number of carbonyl (C=O) groups excluding carboxylic acids is 2. The Kier molecular flexibility index (Phi) is 7.86. The van der Waals surface area contributed by atoms with Gasteiger partial charge in [0.15, 0.2) is 0 Å². The molecule has 3 amide bonds. The third-order valence-corrected chi connectivity index (χ3v) is 7.10. The highest BCUT2D eigenvalue weighted by Gasteiger charge is 2.38. The van der Waals surface area contributed by atoms with Crippen LogP contribution in [0.1, 0.15) is 37.4 Å². The van der Waals surface area contributed by atoms with Crippen LogP contribution in [0.5, 0.6) is 0 Å². The van der Waals surface area contributed by atoms with E-state index in [-0.39, 0.29) is 42.3 Å². The van der Waals surface area contributed by atoms with Gasteiger partial charge in [-0.25, -0.2) is 14.1 Å². The minimum atomic E-state index is -0.223. The molecule has 2 atom stereocenters. The normalized spacial score (nSPS) is 24.4. The molecular formula is C26H31ClFN3O3. The number of rotatable bonds is 5. The molecule has 6 nitrogen and oxygen atoms in total. The molecule has 2 aromatic carbocycles. The van der Waals surface area contributed by atoms with Gasteiger partial charge in [0, 0.05) is 38.6 Å². The quantitative estimate of drug-likeness (QED) is 0.616. The Morgan fingerprint density at radius 3 is 2.35 bits per heavy atom. The topological polar surface area (TPSA) is 53.1 Å². The van der Waals surface area contributed by atoms with Crippen molar-refractivity contribution in [3.05, 3.63) is 66.0 Å². The lowest BCUT2D eigenvalue weighted by molar-refractivity contribution is -0.119. The van der Waals surface area contributed by atoms with Gasteiger partial charge in [-0.05, 0) is 55.0 Å². The lowest BCUT2D eigenvalue weighted by Crippen LogP contribution is -2.58. The van der Waals surface area contributed by atoms with Crippen molar-refractivity contribution in [2.45, 2.75) is 37.8 Å². The third kappa shape index (κ3) is 5.27. The molecule has 3 heterocycles. The van der Waals surface area contributed by atoms with Gasteiger partial charge < -0.3 is 14.5 Å². The number of carbonyl (C=O) groups is 2. The van der Waals surface area contributed by atoms with E-state index in [0.717, 1.165) is 51.1 Å². The molecule has 3 saturated heterocycles. The second-order valence-corrected chi connectivity index (χ2v) is 9.30. The van der Waals surface area contributed by atoms with Crippen molar-refractivity contribution in [1.82, 2.24) is 9.80 Å². The van der Waals surface area contributed by atoms with Crippen LogP contribution in [-0.2, 0) is 9.53 Å². The Hall–Kier alpha value is -2.48. The van der Waals surface area contributed by atoms with Crippen LogP contribution in [0.4, 0.5) is 14.9 Å². The number of anilines is 1. The number of para-hydroxylation sites is 1. The van der Waals surface area contributed by atoms with Crippen molar-refractivity contribution in [2.75, 3.05) is 37.7 Å². The van der Waals surface area contributed by atoms with E-state index in [1.165, 1.54) is 17.0 Å². The largest absolute Gasteiger partial charge is 0.373 e. The second-order valence-electron chi connectivity index (χ2n) is 9.30. The Balaban J connectivity index is 0.00000274. The summed E-state index contributed by atoms with van der Waals surface area (Å²) in [5.41, 5.74) is 1.69. The van der Waals surface area contributed by atoms with Crippen LogP contribution in [0, 0.1) is 11.7 Å². The van der Waals surface area contributed by atoms with Gasteiger partial charge in [-0.3, -0.25) is 4.79 Å². The lowest BCUT2D eigenvalue weighted by Gasteiger charge is -2.42. The number of halogens is 2. The van der Waals surface area contributed by atoms with Crippen LogP contribution in [-0.4, -0.2) is 60.6 Å². The zero-order valence-electron chi connectivity index (χ0n) is 19.1. The van der Waals surface area contributed by atoms with Gasteiger partial charge in [0.25, 0.3) is 0 Å². The predicted molar refractivity (Wildman–Crippen MR) is 131 cm³/mol. The van der Waals surface area contributed by atoms with E-state index < -0.39 is 0 Å². The summed E-state index contributed by atoms with van der Waals surface area (Å²) in [5, 5.41) is 0. The van der Waals surface area contributed by atoms with Crippen LogP contribution < -0.4 is 4.90 Å². The SMILES string of the molecule is Cl.O=C1CCN(C2CCN(CC3COC(c4ccc(F)cc4)C3)CC2)C(=O)N1c1ccccc1. The molecule has 3 aliphatic rings. The highest BCUT2D eigenvalue weighted by molar-refractivity contribution is 6.15. The fraction of sp³-hybridized carbons (Fsp3) is 0.462. The number of amides is 3. The zero-order valence-corrected chi connectivity index (χ0v) is 20.0. The predicted octanol–water partition coefficient (Wildman–Crippen LogP) is 4.65. The van der Waals surface area contributed by atoms with Gasteiger partial charge in [0.2, 0.25) is 5.91 Å². The van der Waals surface area contributed by atoms with Crippen LogP contribution in [0.2, 0.25) is 0 Å². The van der Waals surface area contributed by atoms with Crippen LogP contribution in [0.15, 0.2) is 54.6 Å². The number of ether oxygens (including phenoxy) is 1. The smallest absolute Gasteiger partial charge is 0.331 e. The second kappa shape index (κ2) is 10.8. The first kappa shape index (κ1) is 24.6. The van der Waals surface area contributed by atoms with Crippen molar-refractivity contribution in [1.29, 1.82) is 0 Å². The standard InChI is InChI=1S/C26H30FN3O3.ClH/c27-21-8-6-20(7-9-21)24-16-19(18-33-24)17-28-13-10-22(11-14-28)29-15-12-25(31)30(26(29)32)23-4-2-1-3-5-23;/h1-9,19,22,24H,10-18H2;1H. The molecular weight excluding hydrogens is 457 g/mol. The van der Waals surface area contributed by atoms with Gasteiger partial charge >= 0.3 is 6.03 Å². The third-order valence-electron chi connectivity index (χ3n) is 7.10. The molecule has 2 aromatic rings. The molecule has 0 bridgehead atoms. The van der Waals surface area contributed by atoms with Gasteiger partial charge in [-0.15, -0.1) is 12.4 Å². The van der Waals surface area contributed by atoms with Crippen molar-refractivity contribution in [3.8, 4) is 0 Å². The molecule has 0 spiro atoms. The molecule has 182 valence electrons. The maximum absolute atomic E-state index is 13.2. The summed E-state index contributed by atoms with van der Waals surface area (Å²) < 4.78 is 19.2. The van der Waals surface area contributed by atoms with E-state index in [0.29, 0.717) is 24.6 Å². The molecule has 0 saturated carbocycles. The summed E-state index contributed by atoms with van der Waals surface area (Å²) in [6, 6.07) is 15.8. The number of piperidine rings is 1. The summed E-state index contributed by atoms with van der Waals surface area (Å²) in [4.78, 5) is 31.3. The monoisotopic (exact) mass is 487 g/mol. The number of benzene rings is 2. The van der Waals surface area contributed by atoms with Crippen LogP contribution >= 0.6 is 12.4 Å². The zero-order chi connectivity index (χ0) is 22.8. The fourth-order valence-corrected chi connectivity index (χ4v) is 5.34. The molecule has 8 heteroatoms. The minimum absolute atomic E-state index is 0. The van der Waals surface area contributed by atoms with E-state index in [2.05, 4.69) is 4.90 Å². The Labute approximate surface area is 206 Å². The fourth-order valence-electron chi connectivity index (χ4n) is 5.34. The van der Waals surface area contributed by atoms with E-state index in [1.807, 2.05) is 47.4 Å². The van der Waals surface area contributed by atoms with Crippen LogP contribution in [0.25, 0.3) is 0 Å². The summed E-state index contributed by atoms with van der Waals surface area (Å²) in [6.07, 6.45) is 3.19. The summed E-state index contributed by atoms with van der Waals surface area (Å²) in [6.45, 7) is 4.08. The molecule has 0 N–H and O–H groups in total.